The largest absolute Gasteiger partial charge is 0.477 e. The van der Waals surface area contributed by atoms with Crippen LogP contribution in [0.1, 0.15) is 31.1 Å². The number of amides is 2. The summed E-state index contributed by atoms with van der Waals surface area (Å²) < 4.78 is 10.8. The highest BCUT2D eigenvalue weighted by Crippen LogP contribution is 2.34. The van der Waals surface area contributed by atoms with E-state index in [1.807, 2.05) is 0 Å². The number of esters is 1. The predicted molar refractivity (Wildman–Crippen MR) is 124 cm³/mol. The summed E-state index contributed by atoms with van der Waals surface area (Å²) in [5.41, 5.74) is 5.61. The number of fused-ring (bicyclic) bond motifs is 1. The third-order valence-electron chi connectivity index (χ3n) is 5.02. The van der Waals surface area contributed by atoms with Gasteiger partial charge >= 0.3 is 5.97 Å². The third-order valence-corrected chi connectivity index (χ3v) is 6.08. The van der Waals surface area contributed by atoms with E-state index in [1.165, 1.54) is 16.7 Å². The number of primary amides is 1. The molecule has 0 aliphatic carbocycles. The lowest BCUT2D eigenvalue weighted by Crippen LogP contribution is -2.49. The van der Waals surface area contributed by atoms with E-state index in [-0.39, 0.29) is 36.2 Å². The van der Waals surface area contributed by atoms with Gasteiger partial charge in [0.05, 0.1) is 23.5 Å². The SMILES string of the molecule is CC(C)(C)C(=O)COC(=O)c1ccccc1SCC(=O)N1CC(C(N)=O)Oc2ccccc21. The number of anilines is 1. The molecule has 0 fully saturated rings. The molecule has 1 atom stereocenters. The number of carbonyl (C=O) groups excluding carboxylic acids is 4. The lowest BCUT2D eigenvalue weighted by atomic mass is 9.91. The standard InChI is InChI=1S/C24H26N2O6S/c1-24(2,3)20(27)13-31-23(30)15-8-4-7-11-19(15)33-14-21(28)26-12-18(22(25)29)32-17-10-6-5-9-16(17)26/h4-11,18H,12-14H2,1-3H3,(H2,25,29). The molecule has 0 spiro atoms. The summed E-state index contributed by atoms with van der Waals surface area (Å²) >= 11 is 1.17. The smallest absolute Gasteiger partial charge is 0.339 e. The Labute approximate surface area is 196 Å². The van der Waals surface area contributed by atoms with Crippen molar-refractivity contribution in [3.8, 4) is 5.75 Å². The Kier molecular flexibility index (Phi) is 7.43. The van der Waals surface area contributed by atoms with Crippen molar-refractivity contribution in [1.29, 1.82) is 0 Å². The fourth-order valence-corrected chi connectivity index (χ4v) is 3.94. The molecule has 0 saturated carbocycles. The molecule has 174 valence electrons. The zero-order valence-electron chi connectivity index (χ0n) is 18.7. The number of nitrogens with two attached hydrogens (primary N) is 1. The average Bonchev–Trinajstić information content (AvgIpc) is 2.79. The van der Waals surface area contributed by atoms with Gasteiger partial charge in [0.15, 0.2) is 18.5 Å². The summed E-state index contributed by atoms with van der Waals surface area (Å²) in [6.45, 7) is 4.95. The second kappa shape index (κ2) is 10.1. The normalized spacial score (nSPS) is 15.2. The Morgan fingerprint density at radius 1 is 1.09 bits per heavy atom. The van der Waals surface area contributed by atoms with Crippen molar-refractivity contribution in [3.63, 3.8) is 0 Å². The third kappa shape index (κ3) is 5.92. The molecule has 33 heavy (non-hydrogen) atoms. The van der Waals surface area contributed by atoms with Gasteiger partial charge in [0.1, 0.15) is 5.75 Å². The summed E-state index contributed by atoms with van der Waals surface area (Å²) in [6, 6.07) is 13.6. The van der Waals surface area contributed by atoms with E-state index < -0.39 is 23.4 Å². The number of para-hydroxylation sites is 2. The van der Waals surface area contributed by atoms with E-state index in [0.29, 0.717) is 16.3 Å². The van der Waals surface area contributed by atoms with E-state index >= 15 is 0 Å². The van der Waals surface area contributed by atoms with Crippen molar-refractivity contribution in [3.05, 3.63) is 54.1 Å². The quantitative estimate of drug-likeness (QED) is 0.489. The van der Waals surface area contributed by atoms with Crippen LogP contribution in [-0.2, 0) is 19.1 Å². The van der Waals surface area contributed by atoms with Crippen molar-refractivity contribution in [1.82, 2.24) is 0 Å². The van der Waals surface area contributed by atoms with Crippen LogP contribution in [0.3, 0.4) is 0 Å². The predicted octanol–water partition coefficient (Wildman–Crippen LogP) is 2.83. The first-order chi connectivity index (χ1) is 15.6. The zero-order valence-corrected chi connectivity index (χ0v) is 19.5. The lowest BCUT2D eigenvalue weighted by Gasteiger charge is -2.33. The minimum Gasteiger partial charge on any atom is -0.477 e. The highest BCUT2D eigenvalue weighted by atomic mass is 32.2. The molecular formula is C24H26N2O6S. The molecule has 0 radical (unpaired) electrons. The second-order valence-corrected chi connectivity index (χ2v) is 9.53. The highest BCUT2D eigenvalue weighted by molar-refractivity contribution is 8.00. The van der Waals surface area contributed by atoms with Crippen molar-refractivity contribution in [2.24, 2.45) is 11.1 Å². The van der Waals surface area contributed by atoms with Crippen LogP contribution in [-0.4, -0.2) is 48.6 Å². The number of thioether (sulfide) groups is 1. The number of hydrogen-bond acceptors (Lipinski definition) is 7. The molecule has 1 aliphatic heterocycles. The van der Waals surface area contributed by atoms with Crippen LogP contribution in [0, 0.1) is 5.41 Å². The van der Waals surface area contributed by atoms with Crippen LogP contribution in [0.2, 0.25) is 0 Å². The van der Waals surface area contributed by atoms with Crippen LogP contribution >= 0.6 is 11.8 Å². The topological polar surface area (TPSA) is 116 Å². The number of benzene rings is 2. The van der Waals surface area contributed by atoms with Crippen LogP contribution in [0.25, 0.3) is 0 Å². The Hall–Kier alpha value is -3.33. The molecule has 3 rings (SSSR count). The van der Waals surface area contributed by atoms with Gasteiger partial charge in [0, 0.05) is 10.3 Å². The van der Waals surface area contributed by atoms with Crippen molar-refractivity contribution in [2.45, 2.75) is 31.8 Å². The number of hydrogen-bond donors (Lipinski definition) is 1. The second-order valence-electron chi connectivity index (χ2n) is 8.52. The molecule has 1 aliphatic rings. The molecule has 8 nitrogen and oxygen atoms in total. The first-order valence-corrected chi connectivity index (χ1v) is 11.3. The molecule has 0 bridgehead atoms. The van der Waals surface area contributed by atoms with E-state index in [0.717, 1.165) is 0 Å². The summed E-state index contributed by atoms with van der Waals surface area (Å²) in [6.07, 6.45) is -0.948. The van der Waals surface area contributed by atoms with Crippen LogP contribution in [0.5, 0.6) is 5.75 Å². The van der Waals surface area contributed by atoms with Gasteiger partial charge in [0.25, 0.3) is 5.91 Å². The number of Topliss-reactive ketones (excluding diaryl/α,β-unsaturated/α-hetero) is 1. The van der Waals surface area contributed by atoms with Gasteiger partial charge in [-0.05, 0) is 24.3 Å². The van der Waals surface area contributed by atoms with Gasteiger partial charge in [-0.2, -0.15) is 0 Å². The average molecular weight is 471 g/mol. The fourth-order valence-electron chi connectivity index (χ4n) is 3.02. The molecule has 9 heteroatoms. The summed E-state index contributed by atoms with van der Waals surface area (Å²) in [5.74, 6) is -1.34. The number of carbonyl (C=O) groups is 4. The van der Waals surface area contributed by atoms with Gasteiger partial charge < -0.3 is 20.1 Å². The van der Waals surface area contributed by atoms with Crippen LogP contribution < -0.4 is 15.4 Å². The first-order valence-electron chi connectivity index (χ1n) is 10.4. The lowest BCUT2D eigenvalue weighted by molar-refractivity contribution is -0.129. The van der Waals surface area contributed by atoms with E-state index in [2.05, 4.69) is 0 Å². The van der Waals surface area contributed by atoms with E-state index in [1.54, 1.807) is 69.3 Å². The first kappa shape index (κ1) is 24.3. The zero-order chi connectivity index (χ0) is 24.2. The molecule has 2 aromatic carbocycles. The van der Waals surface area contributed by atoms with E-state index in [4.69, 9.17) is 15.2 Å². The van der Waals surface area contributed by atoms with Crippen molar-refractivity contribution < 1.29 is 28.7 Å². The van der Waals surface area contributed by atoms with Gasteiger partial charge in [-0.15, -0.1) is 11.8 Å². The van der Waals surface area contributed by atoms with Crippen molar-refractivity contribution in [2.75, 3.05) is 23.8 Å². The molecule has 2 N–H and O–H groups in total. The number of ether oxygens (including phenoxy) is 2. The molecule has 1 heterocycles. The Bertz CT molecular complexity index is 1080. The molecule has 0 aromatic heterocycles. The highest BCUT2D eigenvalue weighted by Gasteiger charge is 2.32. The van der Waals surface area contributed by atoms with E-state index in [9.17, 15) is 19.2 Å². The summed E-state index contributed by atoms with van der Waals surface area (Å²) in [7, 11) is 0. The number of ketones is 1. The molecule has 1 unspecified atom stereocenters. The molecule has 0 saturated heterocycles. The van der Waals surface area contributed by atoms with Gasteiger partial charge in [-0.3, -0.25) is 14.4 Å². The molecule has 2 amide bonds. The van der Waals surface area contributed by atoms with Crippen LogP contribution in [0.15, 0.2) is 53.4 Å². The maximum absolute atomic E-state index is 13.0. The minimum atomic E-state index is -0.948. The Morgan fingerprint density at radius 3 is 2.45 bits per heavy atom. The monoisotopic (exact) mass is 470 g/mol. The molecular weight excluding hydrogens is 444 g/mol. The van der Waals surface area contributed by atoms with Crippen LogP contribution in [0.4, 0.5) is 5.69 Å². The van der Waals surface area contributed by atoms with Gasteiger partial charge in [-0.25, -0.2) is 4.79 Å². The number of rotatable bonds is 7. The number of nitrogens with zero attached hydrogens (tertiary/aromatic N) is 1. The maximum Gasteiger partial charge on any atom is 0.339 e. The van der Waals surface area contributed by atoms with Crippen molar-refractivity contribution >= 4 is 41.0 Å². The summed E-state index contributed by atoms with van der Waals surface area (Å²) in [5, 5.41) is 0. The maximum atomic E-state index is 13.0. The molecule has 2 aromatic rings. The van der Waals surface area contributed by atoms with Gasteiger partial charge in [-0.1, -0.05) is 45.0 Å². The Balaban J connectivity index is 1.70. The summed E-state index contributed by atoms with van der Waals surface area (Å²) in [4.78, 5) is 51.4. The minimum absolute atomic E-state index is 0.00431. The fraction of sp³-hybridized carbons (Fsp3) is 0.333. The Morgan fingerprint density at radius 2 is 1.76 bits per heavy atom. The van der Waals surface area contributed by atoms with Gasteiger partial charge in [0.2, 0.25) is 5.91 Å².